The van der Waals surface area contributed by atoms with Gasteiger partial charge in [-0.2, -0.15) is 5.10 Å². The van der Waals surface area contributed by atoms with Gasteiger partial charge in [-0.15, -0.1) is 0 Å². The third-order valence-corrected chi connectivity index (χ3v) is 9.06. The number of ether oxygens (including phenoxy) is 1. The molecule has 0 radical (unpaired) electrons. The van der Waals surface area contributed by atoms with E-state index in [1.165, 1.54) is 25.0 Å². The zero-order chi connectivity index (χ0) is 31.0. The van der Waals surface area contributed by atoms with Crippen LogP contribution >= 0.6 is 0 Å². The average molecular weight is 617 g/mol. The van der Waals surface area contributed by atoms with Gasteiger partial charge in [-0.3, -0.25) is 24.8 Å². The Hall–Kier alpha value is -5.16. The molecule has 1 aromatic carbocycles. The Morgan fingerprint density at radius 3 is 2.67 bits per heavy atom. The van der Waals surface area contributed by atoms with Crippen LogP contribution in [0, 0.1) is 11.7 Å². The van der Waals surface area contributed by atoms with Crippen LogP contribution in [0.4, 0.5) is 10.1 Å². The number of hydrogen-bond acceptors (Lipinski definition) is 7. The molecule has 0 bridgehead atoms. The Balaban J connectivity index is 1.09. The fourth-order valence-corrected chi connectivity index (χ4v) is 6.34. The number of hydrogen-bond donors (Lipinski definition) is 3. The van der Waals surface area contributed by atoms with E-state index in [4.69, 9.17) is 4.74 Å². The van der Waals surface area contributed by atoms with E-state index in [9.17, 15) is 9.18 Å². The van der Waals surface area contributed by atoms with Gasteiger partial charge in [-0.25, -0.2) is 9.37 Å². The van der Waals surface area contributed by atoms with Crippen LogP contribution in [0.5, 0.6) is 5.75 Å². The summed E-state index contributed by atoms with van der Waals surface area (Å²) in [6.45, 7) is 3.52. The number of likely N-dealkylation sites (tertiary alicyclic amines) is 1. The normalized spacial score (nSPS) is 15.4. The van der Waals surface area contributed by atoms with Gasteiger partial charge in [0.25, 0.3) is 0 Å². The fraction of sp³-hybridized carbons (Fsp3) is 0.286. The number of carbonyl (C=O) groups excluding carboxylic acids is 1. The van der Waals surface area contributed by atoms with Crippen molar-refractivity contribution in [2.24, 2.45) is 5.92 Å². The maximum atomic E-state index is 14.8. The van der Waals surface area contributed by atoms with Gasteiger partial charge in [0.2, 0.25) is 5.91 Å². The van der Waals surface area contributed by atoms with Crippen LogP contribution in [0.3, 0.4) is 0 Å². The van der Waals surface area contributed by atoms with Crippen LogP contribution in [0.2, 0.25) is 0 Å². The quantitative estimate of drug-likeness (QED) is 0.168. The van der Waals surface area contributed by atoms with Crippen LogP contribution in [0.15, 0.2) is 67.3 Å². The first-order valence-electron chi connectivity index (χ1n) is 15.8. The van der Waals surface area contributed by atoms with E-state index < -0.39 is 0 Å². The molecule has 3 N–H and O–H groups in total. The molecule has 2 fully saturated rings. The number of amides is 1. The monoisotopic (exact) mass is 616 g/mol. The third kappa shape index (κ3) is 5.58. The minimum Gasteiger partial charge on any atom is -0.492 e. The summed E-state index contributed by atoms with van der Waals surface area (Å²) in [6, 6.07) is 12.6. The number of nitrogens with one attached hydrogen (secondary N) is 3. The van der Waals surface area contributed by atoms with Gasteiger partial charge in [0.05, 0.1) is 29.0 Å². The number of fused-ring (bicyclic) bond motifs is 2. The Kier molecular flexibility index (Phi) is 7.37. The zero-order valence-electron chi connectivity index (χ0n) is 25.2. The summed E-state index contributed by atoms with van der Waals surface area (Å²) in [5.41, 5.74) is 6.61. The molecule has 1 saturated carbocycles. The SMILES string of the molecule is O=C(Nc1cncc(-c2cnc3n[nH]c(-c4cc5c(-c6cc(F)cc(OCCN7CCCC7)c6)nccc5[nH]4)c3c2)c1)C1CCC1. The van der Waals surface area contributed by atoms with Crippen LogP contribution in [0.25, 0.3) is 55.7 Å². The highest BCUT2D eigenvalue weighted by molar-refractivity contribution is 6.00. The van der Waals surface area contributed by atoms with Crippen LogP contribution in [-0.2, 0) is 4.79 Å². The number of H-pyrrole nitrogens is 2. The van der Waals surface area contributed by atoms with Gasteiger partial charge in [-0.05, 0) is 75.2 Å². The molecule has 11 heteroatoms. The molecule has 1 saturated heterocycles. The standard InChI is InChI=1S/C35H33FN8O2/c36-25-12-22(14-27(16-25)46-11-10-44-8-1-2-9-44)32-28-17-31(41-30(28)6-7-38-32)33-29-15-24(19-39-34(29)43-42-33)23-13-26(20-37-18-23)40-35(45)21-4-3-5-21/h6-7,12-21,41H,1-5,8-11H2,(H,40,45)(H,39,42,43). The number of nitrogens with zero attached hydrogens (tertiary/aromatic N) is 5. The Morgan fingerprint density at radius 1 is 0.957 bits per heavy atom. The molecule has 232 valence electrons. The van der Waals surface area contributed by atoms with Crippen molar-refractivity contribution >= 4 is 33.5 Å². The first kappa shape index (κ1) is 28.3. The number of halogens is 1. The van der Waals surface area contributed by atoms with Crippen molar-refractivity contribution in [2.75, 3.05) is 31.6 Å². The predicted octanol–water partition coefficient (Wildman–Crippen LogP) is 6.58. The molecular weight excluding hydrogens is 583 g/mol. The average Bonchev–Trinajstić information content (AvgIpc) is 3.79. The molecule has 6 heterocycles. The molecule has 1 amide bonds. The highest BCUT2D eigenvalue weighted by atomic mass is 19.1. The van der Waals surface area contributed by atoms with Gasteiger partial charge >= 0.3 is 0 Å². The Morgan fingerprint density at radius 2 is 1.83 bits per heavy atom. The van der Waals surface area contributed by atoms with Crippen molar-refractivity contribution in [2.45, 2.75) is 32.1 Å². The molecule has 0 unspecified atom stereocenters. The minimum atomic E-state index is -0.373. The van der Waals surface area contributed by atoms with Gasteiger partial charge in [-0.1, -0.05) is 6.42 Å². The van der Waals surface area contributed by atoms with Crippen molar-refractivity contribution in [1.29, 1.82) is 0 Å². The van der Waals surface area contributed by atoms with E-state index in [1.54, 1.807) is 24.8 Å². The number of pyridine rings is 3. The largest absolute Gasteiger partial charge is 0.492 e. The Labute approximate surface area is 264 Å². The predicted molar refractivity (Wildman–Crippen MR) is 175 cm³/mol. The number of anilines is 1. The number of carbonyl (C=O) groups is 1. The molecular formula is C35H33FN8O2. The van der Waals surface area contributed by atoms with Gasteiger partial charge in [0.15, 0.2) is 5.65 Å². The molecule has 5 aromatic heterocycles. The molecule has 0 atom stereocenters. The highest BCUT2D eigenvalue weighted by Gasteiger charge is 2.25. The second-order valence-electron chi connectivity index (χ2n) is 12.1. The van der Waals surface area contributed by atoms with Crippen molar-refractivity contribution in [1.82, 2.24) is 35.0 Å². The number of benzene rings is 1. The molecule has 1 aliphatic heterocycles. The molecule has 0 spiro atoms. The van der Waals surface area contributed by atoms with Crippen molar-refractivity contribution < 1.29 is 13.9 Å². The van der Waals surface area contributed by atoms with Crippen LogP contribution in [-0.4, -0.2) is 67.2 Å². The van der Waals surface area contributed by atoms with Crippen LogP contribution in [0.1, 0.15) is 32.1 Å². The van der Waals surface area contributed by atoms with Gasteiger partial charge < -0.3 is 15.0 Å². The summed E-state index contributed by atoms with van der Waals surface area (Å²) in [4.78, 5) is 31.9. The van der Waals surface area contributed by atoms with Gasteiger partial charge in [0, 0.05) is 70.1 Å². The van der Waals surface area contributed by atoms with Crippen LogP contribution < -0.4 is 10.1 Å². The first-order chi connectivity index (χ1) is 22.6. The summed E-state index contributed by atoms with van der Waals surface area (Å²) in [6.07, 6.45) is 12.3. The number of aromatic nitrogens is 6. The molecule has 46 heavy (non-hydrogen) atoms. The number of rotatable bonds is 9. The molecule has 2 aliphatic rings. The van der Waals surface area contributed by atoms with E-state index in [0.717, 1.165) is 77.7 Å². The maximum absolute atomic E-state index is 14.8. The molecule has 6 aromatic rings. The lowest BCUT2D eigenvalue weighted by molar-refractivity contribution is -0.122. The molecule has 8 rings (SSSR count). The van der Waals surface area contributed by atoms with E-state index >= 15 is 0 Å². The summed E-state index contributed by atoms with van der Waals surface area (Å²) < 4.78 is 20.8. The van der Waals surface area contributed by atoms with Gasteiger partial charge in [0.1, 0.15) is 18.2 Å². The Bertz CT molecular complexity index is 2060. The van der Waals surface area contributed by atoms with E-state index in [1.807, 2.05) is 30.3 Å². The summed E-state index contributed by atoms with van der Waals surface area (Å²) in [5.74, 6) is 0.247. The zero-order valence-corrected chi connectivity index (χ0v) is 25.2. The topological polar surface area (TPSA) is 125 Å². The van der Waals surface area contributed by atoms with E-state index in [0.29, 0.717) is 34.9 Å². The minimum absolute atomic E-state index is 0.0445. The first-order valence-corrected chi connectivity index (χ1v) is 15.8. The molecule has 1 aliphatic carbocycles. The lowest BCUT2D eigenvalue weighted by atomic mass is 9.85. The smallest absolute Gasteiger partial charge is 0.227 e. The van der Waals surface area contributed by atoms with Crippen molar-refractivity contribution in [3.63, 3.8) is 0 Å². The molecule has 10 nitrogen and oxygen atoms in total. The summed E-state index contributed by atoms with van der Waals surface area (Å²) in [5, 5.41) is 12.2. The van der Waals surface area contributed by atoms with E-state index in [2.05, 4.69) is 40.3 Å². The lowest BCUT2D eigenvalue weighted by Crippen LogP contribution is -2.28. The van der Waals surface area contributed by atoms with Crippen molar-refractivity contribution in [3.8, 4) is 39.5 Å². The third-order valence-electron chi connectivity index (χ3n) is 9.06. The highest BCUT2D eigenvalue weighted by Crippen LogP contribution is 2.35. The summed E-state index contributed by atoms with van der Waals surface area (Å²) >= 11 is 0. The lowest BCUT2D eigenvalue weighted by Gasteiger charge is -2.24. The summed E-state index contributed by atoms with van der Waals surface area (Å²) in [7, 11) is 0. The second-order valence-corrected chi connectivity index (χ2v) is 12.1. The maximum Gasteiger partial charge on any atom is 0.227 e. The fourth-order valence-electron chi connectivity index (χ4n) is 6.34. The second kappa shape index (κ2) is 12.0. The van der Waals surface area contributed by atoms with Crippen molar-refractivity contribution in [3.05, 3.63) is 73.1 Å². The van der Waals surface area contributed by atoms with E-state index in [-0.39, 0.29) is 17.6 Å². The number of aromatic amines is 2.